The highest BCUT2D eigenvalue weighted by molar-refractivity contribution is 6.30. The van der Waals surface area contributed by atoms with Crippen molar-refractivity contribution in [2.75, 3.05) is 0 Å². The second kappa shape index (κ2) is 3.94. The fourth-order valence-electron chi connectivity index (χ4n) is 1.02. The minimum absolute atomic E-state index is 0.0506. The van der Waals surface area contributed by atoms with Crippen LogP contribution in [0.25, 0.3) is 10.4 Å². The predicted octanol–water partition coefficient (Wildman–Crippen LogP) is 3.89. The maximum absolute atomic E-state index is 12.2. The summed E-state index contributed by atoms with van der Waals surface area (Å²) in [5.74, 6) is -1.59. The van der Waals surface area contributed by atoms with E-state index in [2.05, 4.69) is 10.0 Å². The van der Waals surface area contributed by atoms with Crippen LogP contribution in [0, 0.1) is 5.92 Å². The molecule has 1 aliphatic rings. The first kappa shape index (κ1) is 10.9. The molecule has 0 aromatic rings. The Labute approximate surface area is 82.5 Å². The zero-order valence-electron chi connectivity index (χ0n) is 6.79. The number of hydrogen-bond acceptors (Lipinski definition) is 1. The molecule has 0 heterocycles. The van der Waals surface area contributed by atoms with Crippen molar-refractivity contribution in [2.24, 2.45) is 11.0 Å². The molecule has 0 N–H and O–H groups in total. The third-order valence-corrected chi connectivity index (χ3v) is 2.08. The van der Waals surface area contributed by atoms with Gasteiger partial charge in [0.05, 0.1) is 11.6 Å². The first-order valence-electron chi connectivity index (χ1n) is 3.64. The molecule has 0 saturated heterocycles. The summed E-state index contributed by atoms with van der Waals surface area (Å²) in [6.45, 7) is 0. The van der Waals surface area contributed by atoms with Gasteiger partial charge in [-0.3, -0.25) is 0 Å². The van der Waals surface area contributed by atoms with E-state index in [4.69, 9.17) is 17.1 Å². The van der Waals surface area contributed by atoms with Gasteiger partial charge in [0, 0.05) is 9.94 Å². The highest BCUT2D eigenvalue weighted by Gasteiger charge is 2.39. The normalized spacial score (nSPS) is 22.1. The molecule has 0 aromatic carbocycles. The van der Waals surface area contributed by atoms with Crippen LogP contribution < -0.4 is 0 Å². The van der Waals surface area contributed by atoms with Crippen molar-refractivity contribution < 1.29 is 13.2 Å². The number of allylic oxidation sites excluding steroid dienone is 3. The molecule has 1 unspecified atom stereocenters. The minimum Gasteiger partial charge on any atom is -0.170 e. The second-order valence-corrected chi connectivity index (χ2v) is 3.15. The molecule has 0 fully saturated rings. The Bertz CT molecular complexity index is 339. The highest BCUT2D eigenvalue weighted by Crippen LogP contribution is 2.37. The number of hydrogen-bond donors (Lipinski definition) is 0. The van der Waals surface area contributed by atoms with Gasteiger partial charge >= 0.3 is 6.18 Å². The summed E-state index contributed by atoms with van der Waals surface area (Å²) in [5, 5.41) is 3.09. The van der Waals surface area contributed by atoms with E-state index < -0.39 is 12.1 Å². The molecule has 7 heteroatoms. The average molecular weight is 224 g/mol. The fraction of sp³-hybridized carbons (Fsp3) is 0.429. The lowest BCUT2D eigenvalue weighted by Crippen LogP contribution is -2.22. The standard InChI is InChI=1S/C7H5ClF3N3/c8-5-3-4(7(9,10)11)1-2-6(5)13-14-12/h1-2,4H,3H2. The smallest absolute Gasteiger partial charge is 0.170 e. The van der Waals surface area contributed by atoms with Gasteiger partial charge in [0.2, 0.25) is 0 Å². The van der Waals surface area contributed by atoms with E-state index >= 15 is 0 Å². The molecule has 14 heavy (non-hydrogen) atoms. The van der Waals surface area contributed by atoms with Crippen molar-refractivity contribution in [1.82, 2.24) is 0 Å². The molecule has 0 spiro atoms. The summed E-state index contributed by atoms with van der Waals surface area (Å²) >= 11 is 5.53. The SMILES string of the molecule is [N-]=[N+]=NC1=C(Cl)CC(C(F)(F)F)C=C1. The molecular formula is C7H5ClF3N3. The molecular weight excluding hydrogens is 219 g/mol. The number of halogens is 4. The first-order valence-corrected chi connectivity index (χ1v) is 4.01. The fourth-order valence-corrected chi connectivity index (χ4v) is 1.29. The van der Waals surface area contributed by atoms with Crippen LogP contribution in [0.4, 0.5) is 13.2 Å². The van der Waals surface area contributed by atoms with Crippen molar-refractivity contribution in [1.29, 1.82) is 0 Å². The van der Waals surface area contributed by atoms with Crippen molar-refractivity contribution in [3.8, 4) is 0 Å². The molecule has 0 radical (unpaired) electrons. The summed E-state index contributed by atoms with van der Waals surface area (Å²) in [6.07, 6.45) is -2.64. The van der Waals surface area contributed by atoms with Crippen molar-refractivity contribution >= 4 is 11.6 Å². The van der Waals surface area contributed by atoms with Crippen LogP contribution in [0.1, 0.15) is 6.42 Å². The molecule has 0 aliphatic heterocycles. The Balaban J connectivity index is 2.86. The highest BCUT2D eigenvalue weighted by atomic mass is 35.5. The zero-order valence-corrected chi connectivity index (χ0v) is 7.55. The summed E-state index contributed by atoms with van der Waals surface area (Å²) < 4.78 is 36.6. The van der Waals surface area contributed by atoms with E-state index in [1.807, 2.05) is 0 Å². The largest absolute Gasteiger partial charge is 0.395 e. The molecule has 1 aliphatic carbocycles. The Morgan fingerprint density at radius 2 is 2.21 bits per heavy atom. The van der Waals surface area contributed by atoms with E-state index in [0.717, 1.165) is 12.2 Å². The third kappa shape index (κ3) is 2.43. The Hall–Kier alpha value is -1.13. The molecule has 76 valence electrons. The molecule has 0 bridgehead atoms. The van der Waals surface area contributed by atoms with Gasteiger partial charge in [0.15, 0.2) is 0 Å². The lowest BCUT2D eigenvalue weighted by molar-refractivity contribution is -0.160. The molecule has 1 rings (SSSR count). The first-order chi connectivity index (χ1) is 6.45. The number of rotatable bonds is 1. The van der Waals surface area contributed by atoms with Gasteiger partial charge in [0.1, 0.15) is 0 Å². The molecule has 0 amide bonds. The zero-order chi connectivity index (χ0) is 10.8. The topological polar surface area (TPSA) is 48.8 Å². The number of azide groups is 1. The van der Waals surface area contributed by atoms with Crippen molar-refractivity contribution in [3.05, 3.63) is 33.3 Å². The van der Waals surface area contributed by atoms with Crippen molar-refractivity contribution in [2.45, 2.75) is 12.6 Å². The van der Waals surface area contributed by atoms with Gasteiger partial charge in [-0.25, -0.2) is 0 Å². The molecule has 0 aromatic heterocycles. The van der Waals surface area contributed by atoms with Crippen LogP contribution in [0.5, 0.6) is 0 Å². The van der Waals surface area contributed by atoms with Gasteiger partial charge in [-0.1, -0.05) is 28.9 Å². The van der Waals surface area contributed by atoms with Crippen LogP contribution in [-0.2, 0) is 0 Å². The molecule has 1 atom stereocenters. The van der Waals surface area contributed by atoms with Gasteiger partial charge in [-0.2, -0.15) is 13.2 Å². The summed E-state index contributed by atoms with van der Waals surface area (Å²) in [7, 11) is 0. The van der Waals surface area contributed by atoms with Crippen molar-refractivity contribution in [3.63, 3.8) is 0 Å². The number of nitrogens with zero attached hydrogens (tertiary/aromatic N) is 3. The van der Waals surface area contributed by atoms with E-state index in [1.165, 1.54) is 0 Å². The quantitative estimate of drug-likeness (QED) is 0.368. The van der Waals surface area contributed by atoms with Crippen LogP contribution in [-0.4, -0.2) is 6.18 Å². The lowest BCUT2D eigenvalue weighted by atomic mass is 9.99. The van der Waals surface area contributed by atoms with Gasteiger partial charge in [-0.15, -0.1) is 0 Å². The summed E-state index contributed by atoms with van der Waals surface area (Å²) in [5.41, 5.74) is 8.12. The Morgan fingerprint density at radius 3 is 2.64 bits per heavy atom. The van der Waals surface area contributed by atoms with E-state index in [9.17, 15) is 13.2 Å². The predicted molar refractivity (Wildman–Crippen MR) is 45.3 cm³/mol. The van der Waals surface area contributed by atoms with Crippen LogP contribution in [0.3, 0.4) is 0 Å². The maximum atomic E-state index is 12.2. The Kier molecular flexibility index (Phi) is 3.08. The van der Waals surface area contributed by atoms with E-state index in [0.29, 0.717) is 0 Å². The number of alkyl halides is 3. The van der Waals surface area contributed by atoms with Gasteiger partial charge < -0.3 is 0 Å². The lowest BCUT2D eigenvalue weighted by Gasteiger charge is -2.19. The molecule has 0 saturated carbocycles. The van der Waals surface area contributed by atoms with Crippen LogP contribution >= 0.6 is 11.6 Å². The second-order valence-electron chi connectivity index (χ2n) is 2.69. The summed E-state index contributed by atoms with van der Waals surface area (Å²) in [4.78, 5) is 2.45. The van der Waals surface area contributed by atoms with Crippen LogP contribution in [0.2, 0.25) is 0 Å². The average Bonchev–Trinajstić information content (AvgIpc) is 2.07. The van der Waals surface area contributed by atoms with E-state index in [1.54, 1.807) is 0 Å². The van der Waals surface area contributed by atoms with Gasteiger partial charge in [0.25, 0.3) is 0 Å². The third-order valence-electron chi connectivity index (χ3n) is 1.74. The summed E-state index contributed by atoms with van der Waals surface area (Å²) in [6, 6.07) is 0. The van der Waals surface area contributed by atoms with E-state index in [-0.39, 0.29) is 17.2 Å². The molecule has 3 nitrogen and oxygen atoms in total. The monoisotopic (exact) mass is 223 g/mol. The maximum Gasteiger partial charge on any atom is 0.395 e. The minimum atomic E-state index is -4.31. The van der Waals surface area contributed by atoms with Crippen LogP contribution in [0.15, 0.2) is 28.0 Å². The Morgan fingerprint density at radius 1 is 1.57 bits per heavy atom. The van der Waals surface area contributed by atoms with Gasteiger partial charge in [-0.05, 0) is 12.0 Å².